The van der Waals surface area contributed by atoms with E-state index >= 15 is 0 Å². The Hall–Kier alpha value is -3.22. The van der Waals surface area contributed by atoms with Crippen molar-refractivity contribution in [1.29, 1.82) is 0 Å². The van der Waals surface area contributed by atoms with E-state index in [-0.39, 0.29) is 25.1 Å². The number of hydrogen-bond donors (Lipinski definition) is 3. The minimum absolute atomic E-state index is 0.123. The lowest BCUT2D eigenvalue weighted by molar-refractivity contribution is -0.115. The molecule has 0 radical (unpaired) electrons. The first-order valence-corrected chi connectivity index (χ1v) is 10.6. The van der Waals surface area contributed by atoms with Crippen molar-refractivity contribution in [2.45, 2.75) is 53.7 Å². The van der Waals surface area contributed by atoms with Crippen LogP contribution in [-0.2, 0) is 17.8 Å². The quantitative estimate of drug-likeness (QED) is 0.630. The predicted octanol–water partition coefficient (Wildman–Crippen LogP) is 3.77. The molecule has 0 spiro atoms. The first-order valence-electron chi connectivity index (χ1n) is 10.6. The second kappa shape index (κ2) is 9.73. The highest BCUT2D eigenvalue weighted by Crippen LogP contribution is 2.35. The molecule has 0 fully saturated rings. The van der Waals surface area contributed by atoms with Gasteiger partial charge in [0.05, 0.1) is 13.2 Å². The summed E-state index contributed by atoms with van der Waals surface area (Å²) in [4.78, 5) is 24.5. The molecule has 0 aliphatic carbocycles. The number of hydrogen-bond acceptors (Lipinski definition) is 4. The lowest BCUT2D eigenvalue weighted by atomic mass is 10.1. The Bertz CT molecular complexity index is 964. The van der Waals surface area contributed by atoms with Crippen molar-refractivity contribution in [3.8, 4) is 11.5 Å². The number of urea groups is 1. The topological polar surface area (TPSA) is 88.7 Å². The van der Waals surface area contributed by atoms with Crippen molar-refractivity contribution < 1.29 is 19.1 Å². The summed E-state index contributed by atoms with van der Waals surface area (Å²) in [5.74, 6) is 1.29. The van der Waals surface area contributed by atoms with Crippen LogP contribution in [0.3, 0.4) is 0 Å². The summed E-state index contributed by atoms with van der Waals surface area (Å²) in [6.07, 6.45) is 0.980. The van der Waals surface area contributed by atoms with Crippen molar-refractivity contribution in [2.75, 3.05) is 18.5 Å². The van der Waals surface area contributed by atoms with Gasteiger partial charge < -0.3 is 25.4 Å². The normalized spacial score (nSPS) is 14.4. The highest BCUT2D eigenvalue weighted by molar-refractivity contribution is 5.95. The molecular formula is C24H31N3O4. The van der Waals surface area contributed by atoms with Crippen LogP contribution in [0.25, 0.3) is 0 Å². The molecule has 0 unspecified atom stereocenters. The molecule has 0 saturated heterocycles. The molecule has 1 aliphatic rings. The van der Waals surface area contributed by atoms with E-state index in [1.54, 1.807) is 0 Å². The highest BCUT2D eigenvalue weighted by Gasteiger charge is 2.22. The van der Waals surface area contributed by atoms with Crippen LogP contribution in [0, 0.1) is 20.8 Å². The third-order valence-corrected chi connectivity index (χ3v) is 5.17. The third kappa shape index (κ3) is 5.69. The van der Waals surface area contributed by atoms with E-state index in [0.717, 1.165) is 51.4 Å². The molecule has 3 N–H and O–H groups in total. The zero-order valence-corrected chi connectivity index (χ0v) is 18.8. The molecule has 0 saturated carbocycles. The number of carbonyl (C=O) groups excluding carboxylic acids is 2. The van der Waals surface area contributed by atoms with Gasteiger partial charge >= 0.3 is 6.03 Å². The van der Waals surface area contributed by atoms with Gasteiger partial charge in [-0.1, -0.05) is 17.7 Å². The van der Waals surface area contributed by atoms with Crippen LogP contribution in [0.4, 0.5) is 10.5 Å². The Morgan fingerprint density at radius 2 is 1.81 bits per heavy atom. The van der Waals surface area contributed by atoms with Crippen LogP contribution in [0.2, 0.25) is 0 Å². The van der Waals surface area contributed by atoms with Crippen molar-refractivity contribution >= 4 is 17.6 Å². The summed E-state index contributed by atoms with van der Waals surface area (Å²) in [6, 6.07) is 7.50. The SMILES string of the molecule is CCOc1cc2c(cc1CNC(=O)NCC(=O)Nc1c(C)cc(C)cc1C)O[C@@H](C)C2. The van der Waals surface area contributed by atoms with E-state index in [1.807, 2.05) is 58.9 Å². The number of anilines is 1. The zero-order valence-electron chi connectivity index (χ0n) is 18.8. The van der Waals surface area contributed by atoms with Gasteiger partial charge in [-0.15, -0.1) is 0 Å². The number of fused-ring (bicyclic) bond motifs is 1. The highest BCUT2D eigenvalue weighted by atomic mass is 16.5. The molecule has 3 rings (SSSR count). The minimum Gasteiger partial charge on any atom is -0.494 e. The van der Waals surface area contributed by atoms with Gasteiger partial charge in [0.2, 0.25) is 5.91 Å². The van der Waals surface area contributed by atoms with Crippen molar-refractivity contribution in [1.82, 2.24) is 10.6 Å². The van der Waals surface area contributed by atoms with Gasteiger partial charge in [0, 0.05) is 29.8 Å². The molecule has 1 heterocycles. The molecule has 31 heavy (non-hydrogen) atoms. The number of rotatable bonds is 7. The van der Waals surface area contributed by atoms with E-state index in [4.69, 9.17) is 9.47 Å². The van der Waals surface area contributed by atoms with Gasteiger partial charge in [-0.25, -0.2) is 4.79 Å². The van der Waals surface area contributed by atoms with Crippen LogP contribution >= 0.6 is 0 Å². The fourth-order valence-corrected chi connectivity index (χ4v) is 3.87. The molecule has 1 atom stereocenters. The summed E-state index contributed by atoms with van der Waals surface area (Å²) in [5.41, 5.74) is 5.86. The van der Waals surface area contributed by atoms with Crippen LogP contribution in [0.5, 0.6) is 11.5 Å². The smallest absolute Gasteiger partial charge is 0.315 e. The molecule has 0 bridgehead atoms. The maximum absolute atomic E-state index is 12.3. The molecule has 1 aliphatic heterocycles. The maximum atomic E-state index is 12.3. The van der Waals surface area contributed by atoms with E-state index in [9.17, 15) is 9.59 Å². The number of ether oxygens (including phenoxy) is 2. The lowest BCUT2D eigenvalue weighted by Crippen LogP contribution is -2.39. The summed E-state index contributed by atoms with van der Waals surface area (Å²) in [6.45, 7) is 10.5. The Morgan fingerprint density at radius 1 is 1.10 bits per heavy atom. The van der Waals surface area contributed by atoms with Gasteiger partial charge in [0.25, 0.3) is 0 Å². The van der Waals surface area contributed by atoms with Crippen LogP contribution < -0.4 is 25.4 Å². The van der Waals surface area contributed by atoms with Gasteiger partial charge in [0.15, 0.2) is 0 Å². The fraction of sp³-hybridized carbons (Fsp3) is 0.417. The predicted molar refractivity (Wildman–Crippen MR) is 121 cm³/mol. The van der Waals surface area contributed by atoms with E-state index < -0.39 is 6.03 Å². The summed E-state index contributed by atoms with van der Waals surface area (Å²) >= 11 is 0. The van der Waals surface area contributed by atoms with Crippen molar-refractivity contribution in [3.63, 3.8) is 0 Å². The minimum atomic E-state index is -0.426. The molecule has 2 aromatic carbocycles. The van der Waals surface area contributed by atoms with Gasteiger partial charge in [0.1, 0.15) is 17.6 Å². The lowest BCUT2D eigenvalue weighted by Gasteiger charge is -2.15. The van der Waals surface area contributed by atoms with Crippen molar-refractivity contribution in [2.24, 2.45) is 0 Å². The number of aryl methyl sites for hydroxylation is 3. The molecule has 166 valence electrons. The molecule has 2 aromatic rings. The molecule has 0 aromatic heterocycles. The third-order valence-electron chi connectivity index (χ3n) is 5.17. The summed E-state index contributed by atoms with van der Waals surface area (Å²) in [5, 5.41) is 8.26. The average Bonchev–Trinajstić information content (AvgIpc) is 3.06. The molecule has 3 amide bonds. The van der Waals surface area contributed by atoms with Gasteiger partial charge in [-0.3, -0.25) is 4.79 Å². The Balaban J connectivity index is 1.54. The Labute approximate surface area is 183 Å². The standard InChI is InChI=1S/C24H31N3O4/c1-6-30-20-10-18-9-17(5)31-21(18)11-19(20)12-25-24(29)26-13-22(28)27-23-15(3)7-14(2)8-16(23)4/h7-8,10-11,17H,6,9,12-13H2,1-5H3,(H,27,28)(H2,25,26,29)/t17-/m0/s1. The van der Waals surface area contributed by atoms with Gasteiger partial charge in [-0.2, -0.15) is 0 Å². The number of carbonyl (C=O) groups is 2. The average molecular weight is 426 g/mol. The number of nitrogens with one attached hydrogen (secondary N) is 3. The largest absolute Gasteiger partial charge is 0.494 e. The maximum Gasteiger partial charge on any atom is 0.315 e. The summed E-state index contributed by atoms with van der Waals surface area (Å²) in [7, 11) is 0. The van der Waals surface area contributed by atoms with E-state index in [0.29, 0.717) is 6.61 Å². The van der Waals surface area contributed by atoms with Crippen LogP contribution in [0.1, 0.15) is 41.7 Å². The summed E-state index contributed by atoms with van der Waals surface area (Å²) < 4.78 is 11.5. The second-order valence-corrected chi connectivity index (χ2v) is 7.99. The molecule has 7 nitrogen and oxygen atoms in total. The fourth-order valence-electron chi connectivity index (χ4n) is 3.87. The van der Waals surface area contributed by atoms with Crippen LogP contribution in [0.15, 0.2) is 24.3 Å². The Kier molecular flexibility index (Phi) is 7.05. The zero-order chi connectivity index (χ0) is 22.5. The number of benzene rings is 2. The Morgan fingerprint density at radius 3 is 2.48 bits per heavy atom. The molecule has 7 heteroatoms. The van der Waals surface area contributed by atoms with E-state index in [2.05, 4.69) is 16.0 Å². The first-order chi connectivity index (χ1) is 14.8. The van der Waals surface area contributed by atoms with Gasteiger partial charge in [-0.05, 0) is 57.9 Å². The second-order valence-electron chi connectivity index (χ2n) is 7.99. The molecular weight excluding hydrogens is 394 g/mol. The monoisotopic (exact) mass is 425 g/mol. The van der Waals surface area contributed by atoms with Crippen molar-refractivity contribution in [3.05, 3.63) is 52.1 Å². The number of amides is 3. The van der Waals surface area contributed by atoms with E-state index in [1.165, 1.54) is 0 Å². The first kappa shape index (κ1) is 22.5. The van der Waals surface area contributed by atoms with Crippen LogP contribution in [-0.4, -0.2) is 31.2 Å².